The zero-order valence-corrected chi connectivity index (χ0v) is 18.5. The lowest BCUT2D eigenvalue weighted by Gasteiger charge is -2.10. The van der Waals surface area contributed by atoms with E-state index in [1.165, 1.54) is 6.07 Å². The van der Waals surface area contributed by atoms with Crippen molar-refractivity contribution < 1.29 is 18.0 Å². The van der Waals surface area contributed by atoms with Gasteiger partial charge >= 0.3 is 6.18 Å². The molecule has 4 aromatic rings. The molecule has 1 atom stereocenters. The van der Waals surface area contributed by atoms with E-state index in [1.807, 2.05) is 48.5 Å². The highest BCUT2D eigenvalue weighted by atomic mass is 32.2. The Labute approximate surface area is 197 Å². The van der Waals surface area contributed by atoms with Crippen molar-refractivity contribution in [2.45, 2.75) is 17.8 Å². The third kappa shape index (κ3) is 4.54. The minimum absolute atomic E-state index is 0.164. The highest BCUT2D eigenvalue weighted by Crippen LogP contribution is 2.31. The minimum Gasteiger partial charge on any atom is -0.303 e. The standard InChI is InChI=1S/C26H18F3N3OS/c27-26(28,29)19-9-5-6-16(12-19)13-23-24(33)31-25(34-23)32-30-15-22-20-10-3-1-7-17(20)14-18-8-2-4-11-21(18)22/h1-12,14-15,23H,13H2,(H,31,32,33). The van der Waals surface area contributed by atoms with Crippen LogP contribution in [0, 0.1) is 0 Å². The number of carbonyl (C=O) groups is 1. The van der Waals surface area contributed by atoms with Crippen molar-refractivity contribution in [1.29, 1.82) is 0 Å². The van der Waals surface area contributed by atoms with E-state index in [4.69, 9.17) is 0 Å². The molecule has 5 rings (SSSR count). The van der Waals surface area contributed by atoms with Crippen molar-refractivity contribution in [2.24, 2.45) is 10.2 Å². The van der Waals surface area contributed by atoms with Crippen LogP contribution in [0.25, 0.3) is 21.5 Å². The molecule has 1 aliphatic rings. The fourth-order valence-corrected chi connectivity index (χ4v) is 4.97. The number of halogens is 3. The third-order valence-electron chi connectivity index (χ3n) is 5.60. The van der Waals surface area contributed by atoms with Crippen molar-refractivity contribution in [3.63, 3.8) is 0 Å². The molecule has 0 aliphatic carbocycles. The lowest BCUT2D eigenvalue weighted by Crippen LogP contribution is -2.26. The van der Waals surface area contributed by atoms with Gasteiger partial charge in [-0.2, -0.15) is 18.3 Å². The molecule has 34 heavy (non-hydrogen) atoms. The molecule has 1 heterocycles. The maximum Gasteiger partial charge on any atom is 0.416 e. The van der Waals surface area contributed by atoms with Crippen molar-refractivity contribution in [3.05, 3.63) is 95.6 Å². The smallest absolute Gasteiger partial charge is 0.303 e. The second-order valence-electron chi connectivity index (χ2n) is 7.88. The Hall–Kier alpha value is -3.65. The zero-order chi connectivity index (χ0) is 23.7. The van der Waals surface area contributed by atoms with Gasteiger partial charge in [-0.3, -0.25) is 4.79 Å². The van der Waals surface area contributed by atoms with Gasteiger partial charge in [0.05, 0.1) is 17.0 Å². The predicted octanol–water partition coefficient (Wildman–Crippen LogP) is 6.18. The number of nitrogens with one attached hydrogen (secondary N) is 1. The molecule has 0 spiro atoms. The number of thioether (sulfide) groups is 1. The Morgan fingerprint density at radius 2 is 1.59 bits per heavy atom. The summed E-state index contributed by atoms with van der Waals surface area (Å²) in [4.78, 5) is 12.4. The first kappa shape index (κ1) is 22.2. The van der Waals surface area contributed by atoms with E-state index < -0.39 is 17.0 Å². The van der Waals surface area contributed by atoms with E-state index in [1.54, 1.807) is 12.3 Å². The van der Waals surface area contributed by atoms with E-state index in [2.05, 4.69) is 21.6 Å². The Kier molecular flexibility index (Phi) is 5.83. The van der Waals surface area contributed by atoms with Gasteiger partial charge in [0.15, 0.2) is 5.17 Å². The molecule has 1 amide bonds. The monoisotopic (exact) mass is 477 g/mol. The molecule has 0 saturated carbocycles. The maximum absolute atomic E-state index is 13.0. The topological polar surface area (TPSA) is 53.8 Å². The largest absolute Gasteiger partial charge is 0.416 e. The zero-order valence-electron chi connectivity index (χ0n) is 17.7. The van der Waals surface area contributed by atoms with Crippen LogP contribution in [0.15, 0.2) is 89.1 Å². The number of benzene rings is 4. The highest BCUT2D eigenvalue weighted by Gasteiger charge is 2.33. The van der Waals surface area contributed by atoms with Crippen LogP contribution < -0.4 is 5.32 Å². The molecule has 170 valence electrons. The fourth-order valence-electron chi connectivity index (χ4n) is 4.00. The summed E-state index contributed by atoms with van der Waals surface area (Å²) in [6, 6.07) is 23.2. The minimum atomic E-state index is -4.42. The van der Waals surface area contributed by atoms with Gasteiger partial charge in [-0.05, 0) is 45.7 Å². The summed E-state index contributed by atoms with van der Waals surface area (Å²) in [5.41, 5.74) is 0.636. The van der Waals surface area contributed by atoms with Gasteiger partial charge in [-0.15, -0.1) is 5.10 Å². The Morgan fingerprint density at radius 1 is 0.912 bits per heavy atom. The predicted molar refractivity (Wildman–Crippen MR) is 131 cm³/mol. The molecule has 1 N–H and O–H groups in total. The van der Waals surface area contributed by atoms with E-state index >= 15 is 0 Å². The number of amides is 1. The van der Waals surface area contributed by atoms with Crippen molar-refractivity contribution in [2.75, 3.05) is 0 Å². The van der Waals surface area contributed by atoms with E-state index in [0.717, 1.165) is 51.0 Å². The quantitative estimate of drug-likeness (QED) is 0.217. The molecule has 1 saturated heterocycles. The number of nitrogens with zero attached hydrogens (tertiary/aromatic N) is 2. The molecule has 0 bridgehead atoms. The number of hydrogen-bond donors (Lipinski definition) is 1. The lowest BCUT2D eigenvalue weighted by atomic mass is 9.97. The van der Waals surface area contributed by atoms with Gasteiger partial charge in [-0.1, -0.05) is 78.5 Å². The number of alkyl halides is 3. The van der Waals surface area contributed by atoms with Gasteiger partial charge in [0.2, 0.25) is 5.91 Å². The van der Waals surface area contributed by atoms with Crippen LogP contribution >= 0.6 is 11.8 Å². The fraction of sp³-hybridized carbons (Fsp3) is 0.115. The first-order valence-corrected chi connectivity index (χ1v) is 11.4. The molecule has 4 nitrogen and oxygen atoms in total. The number of fused-ring (bicyclic) bond motifs is 2. The Balaban J connectivity index is 1.37. The number of hydrogen-bond acceptors (Lipinski definition) is 4. The van der Waals surface area contributed by atoms with E-state index in [9.17, 15) is 18.0 Å². The average molecular weight is 478 g/mol. The van der Waals surface area contributed by atoms with Crippen molar-refractivity contribution >= 4 is 50.6 Å². The molecule has 0 aromatic heterocycles. The maximum atomic E-state index is 13.0. The van der Waals surface area contributed by atoms with Gasteiger partial charge < -0.3 is 5.32 Å². The molecule has 1 unspecified atom stereocenters. The van der Waals surface area contributed by atoms with Crippen LogP contribution in [0.2, 0.25) is 0 Å². The number of carbonyl (C=O) groups excluding carboxylic acids is 1. The lowest BCUT2D eigenvalue weighted by molar-refractivity contribution is -0.137. The third-order valence-corrected chi connectivity index (χ3v) is 6.67. The molecule has 1 aliphatic heterocycles. The first-order valence-electron chi connectivity index (χ1n) is 10.5. The van der Waals surface area contributed by atoms with Gasteiger partial charge in [0.1, 0.15) is 0 Å². The summed E-state index contributed by atoms with van der Waals surface area (Å²) in [5, 5.41) is 15.1. The average Bonchev–Trinajstić information content (AvgIpc) is 3.17. The van der Waals surface area contributed by atoms with Crippen LogP contribution in [-0.2, 0) is 17.4 Å². The summed E-state index contributed by atoms with van der Waals surface area (Å²) in [6.45, 7) is 0. The van der Waals surface area contributed by atoms with E-state index in [0.29, 0.717) is 10.7 Å². The van der Waals surface area contributed by atoms with Gasteiger partial charge in [-0.25, -0.2) is 0 Å². The highest BCUT2D eigenvalue weighted by molar-refractivity contribution is 8.15. The molecule has 1 fully saturated rings. The molecule has 8 heteroatoms. The van der Waals surface area contributed by atoms with Crippen molar-refractivity contribution in [3.8, 4) is 0 Å². The first-order chi connectivity index (χ1) is 16.4. The van der Waals surface area contributed by atoms with Crippen LogP contribution in [0.1, 0.15) is 16.7 Å². The van der Waals surface area contributed by atoms with Crippen molar-refractivity contribution in [1.82, 2.24) is 5.32 Å². The summed E-state index contributed by atoms with van der Waals surface area (Å²) >= 11 is 1.16. The van der Waals surface area contributed by atoms with Crippen LogP contribution in [0.4, 0.5) is 13.2 Å². The number of amidine groups is 1. The molecular formula is C26H18F3N3OS. The Bertz CT molecular complexity index is 1410. The normalized spacial score (nSPS) is 17.8. The van der Waals surface area contributed by atoms with Crippen LogP contribution in [0.5, 0.6) is 0 Å². The van der Waals surface area contributed by atoms with Gasteiger partial charge in [0, 0.05) is 5.56 Å². The van der Waals surface area contributed by atoms with Crippen LogP contribution in [-0.4, -0.2) is 22.5 Å². The molecule has 4 aromatic carbocycles. The Morgan fingerprint density at radius 3 is 2.26 bits per heavy atom. The van der Waals surface area contributed by atoms with E-state index in [-0.39, 0.29) is 12.3 Å². The summed E-state index contributed by atoms with van der Waals surface area (Å²) in [5.74, 6) is -0.299. The van der Waals surface area contributed by atoms with Gasteiger partial charge in [0.25, 0.3) is 0 Å². The second-order valence-corrected chi connectivity index (χ2v) is 9.07. The second kappa shape index (κ2) is 8.95. The number of rotatable bonds is 4. The summed E-state index contributed by atoms with van der Waals surface area (Å²) in [6.07, 6.45) is -2.59. The summed E-state index contributed by atoms with van der Waals surface area (Å²) in [7, 11) is 0. The van der Waals surface area contributed by atoms with Crippen LogP contribution in [0.3, 0.4) is 0 Å². The molecule has 0 radical (unpaired) electrons. The summed E-state index contributed by atoms with van der Waals surface area (Å²) < 4.78 is 38.9. The molecular weight excluding hydrogens is 459 g/mol. The SMILES string of the molecule is O=C1N/C(=N/N=Cc2c3ccccc3cc3ccccc23)SC1Cc1cccc(C(F)(F)F)c1.